The quantitative estimate of drug-likeness (QED) is 0.166. The zero-order valence-electron chi connectivity index (χ0n) is 20.8. The third kappa shape index (κ3) is 5.49. The zero-order valence-corrected chi connectivity index (χ0v) is 20.8. The monoisotopic (exact) mass is 512 g/mol. The molecular formula is C30H24O8. The maximum atomic E-state index is 11.9. The molecule has 0 aliphatic rings. The molecule has 0 saturated heterocycles. The molecule has 6 rings (SSSR count). The highest BCUT2D eigenvalue weighted by atomic mass is 16.4. The minimum absolute atomic E-state index is 0.0166. The Balaban J connectivity index is 0.000000156. The number of phenolic OH excluding ortho intramolecular Hbond substituents is 2. The lowest BCUT2D eigenvalue weighted by atomic mass is 10.0. The Morgan fingerprint density at radius 1 is 0.579 bits per heavy atom. The molecular weight excluding hydrogens is 488 g/mol. The van der Waals surface area contributed by atoms with Crippen LogP contribution in [0.15, 0.2) is 91.2 Å². The number of aromatic hydroxyl groups is 2. The number of hydrogen-bond acceptors (Lipinski definition) is 7. The van der Waals surface area contributed by atoms with Crippen molar-refractivity contribution in [3.8, 4) is 11.5 Å². The Bertz CT molecular complexity index is 1810. The first-order valence-electron chi connectivity index (χ1n) is 11.6. The summed E-state index contributed by atoms with van der Waals surface area (Å²) < 4.78 is 10.4. The summed E-state index contributed by atoms with van der Waals surface area (Å²) in [7, 11) is 0. The van der Waals surface area contributed by atoms with Crippen LogP contribution in [0.25, 0.3) is 43.5 Å². The van der Waals surface area contributed by atoms with Crippen molar-refractivity contribution in [3.63, 3.8) is 0 Å². The number of benzene rings is 4. The van der Waals surface area contributed by atoms with Crippen LogP contribution in [0.5, 0.6) is 11.5 Å². The van der Waals surface area contributed by atoms with E-state index >= 15 is 0 Å². The van der Waals surface area contributed by atoms with Gasteiger partial charge in [0.05, 0.1) is 10.8 Å². The van der Waals surface area contributed by atoms with Crippen molar-refractivity contribution in [2.75, 3.05) is 0 Å². The van der Waals surface area contributed by atoms with Gasteiger partial charge in [-0.25, -0.2) is 9.59 Å². The van der Waals surface area contributed by atoms with Crippen molar-refractivity contribution in [1.82, 2.24) is 0 Å². The Morgan fingerprint density at radius 2 is 0.974 bits per heavy atom. The van der Waals surface area contributed by atoms with Gasteiger partial charge in [0.1, 0.15) is 22.7 Å². The van der Waals surface area contributed by atoms with Gasteiger partial charge in [0.2, 0.25) is 0 Å². The van der Waals surface area contributed by atoms with E-state index in [0.29, 0.717) is 27.3 Å². The molecule has 0 aliphatic carbocycles. The molecule has 0 saturated carbocycles. The van der Waals surface area contributed by atoms with E-state index in [9.17, 15) is 19.8 Å². The van der Waals surface area contributed by atoms with Crippen molar-refractivity contribution in [2.45, 2.75) is 20.8 Å². The molecule has 6 aromatic rings. The molecule has 0 unspecified atom stereocenters. The van der Waals surface area contributed by atoms with Crippen LogP contribution in [0.3, 0.4) is 0 Å². The molecule has 0 radical (unpaired) electrons. The van der Waals surface area contributed by atoms with Gasteiger partial charge in [0.15, 0.2) is 0 Å². The van der Waals surface area contributed by atoms with Crippen LogP contribution in [0, 0.1) is 13.8 Å². The number of aliphatic carboxylic acids is 1. The van der Waals surface area contributed by atoms with Gasteiger partial charge in [-0.2, -0.15) is 0 Å². The highest BCUT2D eigenvalue weighted by Crippen LogP contribution is 2.27. The van der Waals surface area contributed by atoms with Crippen LogP contribution in [-0.4, -0.2) is 21.3 Å². The van der Waals surface area contributed by atoms with Crippen molar-refractivity contribution in [2.24, 2.45) is 0 Å². The molecule has 192 valence electrons. The average Bonchev–Trinajstić information content (AvgIpc) is 2.84. The average molecular weight is 513 g/mol. The molecule has 0 amide bonds. The smallest absolute Gasteiger partial charge is 0.344 e. The Morgan fingerprint density at radius 3 is 1.55 bits per heavy atom. The van der Waals surface area contributed by atoms with Gasteiger partial charge in [0.25, 0.3) is 5.97 Å². The van der Waals surface area contributed by atoms with Gasteiger partial charge in [-0.15, -0.1) is 0 Å². The summed E-state index contributed by atoms with van der Waals surface area (Å²) in [6, 6.07) is 20.9. The topological polar surface area (TPSA) is 138 Å². The Labute approximate surface area is 215 Å². The second kappa shape index (κ2) is 10.5. The van der Waals surface area contributed by atoms with Crippen LogP contribution in [0.4, 0.5) is 0 Å². The first-order chi connectivity index (χ1) is 18.0. The van der Waals surface area contributed by atoms with E-state index < -0.39 is 11.6 Å². The second-order valence-electron chi connectivity index (χ2n) is 8.76. The van der Waals surface area contributed by atoms with Gasteiger partial charge in [-0.3, -0.25) is 4.79 Å². The summed E-state index contributed by atoms with van der Waals surface area (Å²) >= 11 is 0. The lowest BCUT2D eigenvalue weighted by Gasteiger charge is -2.03. The molecule has 0 bridgehead atoms. The van der Waals surface area contributed by atoms with E-state index in [1.165, 1.54) is 24.3 Å². The summed E-state index contributed by atoms with van der Waals surface area (Å²) in [5, 5.41) is 30.4. The van der Waals surface area contributed by atoms with E-state index in [1.54, 1.807) is 12.1 Å². The lowest BCUT2D eigenvalue weighted by molar-refractivity contribution is -0.134. The van der Waals surface area contributed by atoms with Gasteiger partial charge in [-0.1, -0.05) is 29.8 Å². The number of aryl methyl sites for hydroxylation is 2. The fourth-order valence-corrected chi connectivity index (χ4v) is 4.06. The fraction of sp³-hybridized carbons (Fsp3) is 0.100. The van der Waals surface area contributed by atoms with Crippen molar-refractivity contribution < 1.29 is 28.9 Å². The molecule has 0 atom stereocenters. The lowest BCUT2D eigenvalue weighted by Crippen LogP contribution is -2.00. The van der Waals surface area contributed by atoms with Gasteiger partial charge in [0, 0.05) is 29.1 Å². The molecule has 8 nitrogen and oxygen atoms in total. The Kier molecular flexibility index (Phi) is 7.16. The summed E-state index contributed by atoms with van der Waals surface area (Å²) in [5.74, 6) is -0.776. The number of fused-ring (bicyclic) bond motifs is 6. The highest BCUT2D eigenvalue weighted by molar-refractivity contribution is 6.05. The molecule has 4 aromatic carbocycles. The third-order valence-electron chi connectivity index (χ3n) is 5.71. The van der Waals surface area contributed by atoms with Crippen LogP contribution in [-0.2, 0) is 4.79 Å². The second-order valence-corrected chi connectivity index (χ2v) is 8.76. The molecule has 0 fully saturated rings. The minimum atomic E-state index is -0.833. The number of carboxylic acid groups (broad SMARTS) is 1. The first-order valence-corrected chi connectivity index (χ1v) is 11.6. The molecule has 8 heteroatoms. The maximum Gasteiger partial charge on any atom is 0.344 e. The normalized spacial score (nSPS) is 10.6. The molecule has 2 heterocycles. The first kappa shape index (κ1) is 26.0. The summed E-state index contributed by atoms with van der Waals surface area (Å²) in [6.45, 7) is 5.04. The van der Waals surface area contributed by atoms with Crippen molar-refractivity contribution >= 4 is 49.5 Å². The minimum Gasteiger partial charge on any atom is -0.508 e. The van der Waals surface area contributed by atoms with Crippen LogP contribution in [0.1, 0.15) is 18.1 Å². The van der Waals surface area contributed by atoms with Crippen molar-refractivity contribution in [3.05, 3.63) is 105 Å². The molecule has 38 heavy (non-hydrogen) atoms. The Hall–Kier alpha value is -5.11. The standard InChI is InChI=1S/C15H12O2.C13H8O4.C2H4O2/c1-9-3-5-11-12-6-4-10(2)8-14(12)17-15(16)13(11)7-9;14-7-1-3-9-10-4-2-8(15)6-12(10)17-13(16)11(9)5-7;1-2(3)4/h3-8H,1-2H3;1-6,14-15H;1H3,(H,3,4). The van der Waals surface area contributed by atoms with E-state index in [4.69, 9.17) is 18.7 Å². The number of carboxylic acids is 1. The van der Waals surface area contributed by atoms with Crippen LogP contribution < -0.4 is 11.3 Å². The summed E-state index contributed by atoms with van der Waals surface area (Å²) in [5.41, 5.74) is 2.35. The predicted octanol–water partition coefficient (Wildman–Crippen LogP) is 6.01. The molecule has 0 spiro atoms. The maximum absolute atomic E-state index is 11.9. The number of phenols is 2. The van der Waals surface area contributed by atoms with Crippen molar-refractivity contribution in [1.29, 1.82) is 0 Å². The van der Waals surface area contributed by atoms with Crippen LogP contribution in [0.2, 0.25) is 0 Å². The van der Waals surface area contributed by atoms with E-state index in [0.717, 1.165) is 34.2 Å². The van der Waals surface area contributed by atoms with E-state index in [1.807, 2.05) is 50.2 Å². The number of hydrogen-bond donors (Lipinski definition) is 3. The molecule has 2 aromatic heterocycles. The van der Waals surface area contributed by atoms with E-state index in [-0.39, 0.29) is 17.1 Å². The van der Waals surface area contributed by atoms with E-state index in [2.05, 4.69) is 0 Å². The summed E-state index contributed by atoms with van der Waals surface area (Å²) in [4.78, 5) is 32.6. The highest BCUT2D eigenvalue weighted by Gasteiger charge is 2.09. The SMILES string of the molecule is CC(=O)O.Cc1ccc2c(c1)oc(=O)c1cc(C)ccc12.O=c1oc2cc(O)ccc2c2ccc(O)cc12. The van der Waals surface area contributed by atoms with Crippen LogP contribution >= 0.6 is 0 Å². The third-order valence-corrected chi connectivity index (χ3v) is 5.71. The number of rotatable bonds is 0. The largest absolute Gasteiger partial charge is 0.508 e. The van der Waals surface area contributed by atoms with Gasteiger partial charge < -0.3 is 24.2 Å². The zero-order chi connectivity index (χ0) is 27.6. The van der Waals surface area contributed by atoms with Gasteiger partial charge in [-0.05, 0) is 67.3 Å². The summed E-state index contributed by atoms with van der Waals surface area (Å²) in [6.07, 6.45) is 0. The molecule has 3 N–H and O–H groups in total. The number of carbonyl (C=O) groups is 1. The fourth-order valence-electron chi connectivity index (χ4n) is 4.06. The van der Waals surface area contributed by atoms with Gasteiger partial charge >= 0.3 is 11.3 Å². The predicted molar refractivity (Wildman–Crippen MR) is 146 cm³/mol. The molecule has 0 aliphatic heterocycles.